The van der Waals surface area contributed by atoms with Crippen LogP contribution in [-0.2, 0) is 0 Å². The number of thiocarbonyl (C=S) groups is 1. The van der Waals surface area contributed by atoms with Crippen LogP contribution in [0.5, 0.6) is 17.2 Å². The first-order valence-electron chi connectivity index (χ1n) is 13.3. The van der Waals surface area contributed by atoms with Gasteiger partial charge in [-0.3, -0.25) is 4.98 Å². The van der Waals surface area contributed by atoms with Crippen molar-refractivity contribution in [3.63, 3.8) is 0 Å². The molecule has 6 rings (SSSR count). The number of ether oxygens (including phenoxy) is 1. The molecule has 0 amide bonds. The Morgan fingerprint density at radius 2 is 1.61 bits per heavy atom. The first-order valence-corrected chi connectivity index (χ1v) is 14.1. The van der Waals surface area contributed by atoms with Gasteiger partial charge in [-0.15, -0.1) is 0 Å². The maximum absolute atomic E-state index is 10.7. The van der Waals surface area contributed by atoms with Gasteiger partial charge in [0.1, 0.15) is 17.2 Å². The molecule has 1 fully saturated rings. The maximum Gasteiger partial charge on any atom is 0.174 e. The number of hydrogen-bond acceptors (Lipinski definition) is 4. The summed E-state index contributed by atoms with van der Waals surface area (Å²) in [4.78, 5) is 6.81. The zero-order chi connectivity index (χ0) is 28.7. The van der Waals surface area contributed by atoms with Crippen LogP contribution in [0.4, 0.5) is 5.69 Å². The zero-order valence-corrected chi connectivity index (χ0v) is 24.4. The number of nitrogens with one attached hydrogen (secondary N) is 1. The first-order chi connectivity index (χ1) is 19.8. The molecule has 2 atom stereocenters. The Morgan fingerprint density at radius 3 is 2.29 bits per heavy atom. The number of aryl methyl sites for hydroxylation is 2. The molecule has 1 aliphatic heterocycles. The molecule has 1 saturated heterocycles. The fourth-order valence-electron chi connectivity index (χ4n) is 5.50. The van der Waals surface area contributed by atoms with Gasteiger partial charge in [-0.25, -0.2) is 0 Å². The van der Waals surface area contributed by atoms with Gasteiger partial charge in [0, 0.05) is 28.3 Å². The molecule has 0 spiro atoms. The summed E-state index contributed by atoms with van der Waals surface area (Å²) in [5, 5.41) is 15.4. The second-order valence-corrected chi connectivity index (χ2v) is 11.0. The molecule has 3 heterocycles. The highest BCUT2D eigenvalue weighted by Crippen LogP contribution is 2.44. The summed E-state index contributed by atoms with van der Waals surface area (Å²) in [6, 6.07) is 28.6. The van der Waals surface area contributed by atoms with Crippen LogP contribution in [-0.4, -0.2) is 19.8 Å². The maximum atomic E-state index is 10.7. The Bertz CT molecular complexity index is 1720. The van der Waals surface area contributed by atoms with Crippen molar-refractivity contribution in [3.05, 3.63) is 130 Å². The third-order valence-electron chi connectivity index (χ3n) is 7.44. The first kappa shape index (κ1) is 26.9. The summed E-state index contributed by atoms with van der Waals surface area (Å²) in [5.41, 5.74) is 6.63. The second kappa shape index (κ2) is 10.9. The minimum Gasteiger partial charge on any atom is -0.506 e. The van der Waals surface area contributed by atoms with E-state index in [0.29, 0.717) is 15.8 Å². The third-order valence-corrected chi connectivity index (χ3v) is 7.99. The molecule has 0 saturated carbocycles. The molecular weight excluding hydrogens is 552 g/mol. The number of pyridine rings is 1. The molecule has 6 nitrogen and oxygen atoms in total. The summed E-state index contributed by atoms with van der Waals surface area (Å²) in [5.74, 6) is 1.68. The highest BCUT2D eigenvalue weighted by molar-refractivity contribution is 7.80. The topological polar surface area (TPSA) is 62.5 Å². The summed E-state index contributed by atoms with van der Waals surface area (Å²) in [6.45, 7) is 6.13. The van der Waals surface area contributed by atoms with Crippen LogP contribution in [0.3, 0.4) is 0 Å². The lowest BCUT2D eigenvalue weighted by atomic mass is 9.96. The van der Waals surface area contributed by atoms with Gasteiger partial charge in [-0.1, -0.05) is 35.4 Å². The van der Waals surface area contributed by atoms with E-state index in [9.17, 15) is 5.11 Å². The monoisotopic (exact) mass is 580 g/mol. The van der Waals surface area contributed by atoms with Crippen LogP contribution < -0.4 is 15.0 Å². The number of rotatable bonds is 6. The lowest BCUT2D eigenvalue weighted by molar-refractivity contribution is 0.471. The van der Waals surface area contributed by atoms with Gasteiger partial charge in [0.25, 0.3) is 0 Å². The van der Waals surface area contributed by atoms with E-state index in [-0.39, 0.29) is 17.8 Å². The van der Waals surface area contributed by atoms with Gasteiger partial charge in [0.05, 0.1) is 23.5 Å². The molecule has 2 aromatic heterocycles. The van der Waals surface area contributed by atoms with Gasteiger partial charge >= 0.3 is 0 Å². The van der Waals surface area contributed by atoms with Crippen LogP contribution in [0, 0.1) is 20.8 Å². The van der Waals surface area contributed by atoms with Crippen molar-refractivity contribution in [1.29, 1.82) is 0 Å². The number of aromatic nitrogens is 2. The highest BCUT2D eigenvalue weighted by Gasteiger charge is 2.42. The van der Waals surface area contributed by atoms with Crippen LogP contribution in [0.15, 0.2) is 97.2 Å². The number of benzene rings is 3. The van der Waals surface area contributed by atoms with Crippen molar-refractivity contribution < 1.29 is 9.84 Å². The van der Waals surface area contributed by atoms with E-state index in [4.69, 9.17) is 28.6 Å². The molecule has 1 aliphatic rings. The molecule has 3 aromatic carbocycles. The van der Waals surface area contributed by atoms with Crippen molar-refractivity contribution in [3.8, 4) is 22.9 Å². The SMILES string of the molecule is Cc1ccc(Oc2ccc(N3C(=S)NC(c4ccccn4)C3c3cc(C)n(-c4cc(Cl)ccc4O)c3C)cc2)cc1. The van der Waals surface area contributed by atoms with Crippen LogP contribution in [0.1, 0.15) is 40.3 Å². The lowest BCUT2D eigenvalue weighted by Gasteiger charge is -2.28. The molecule has 0 bridgehead atoms. The van der Waals surface area contributed by atoms with Gasteiger partial charge in [0.15, 0.2) is 5.11 Å². The average Bonchev–Trinajstić information content (AvgIpc) is 3.47. The van der Waals surface area contributed by atoms with Crippen molar-refractivity contribution in [2.45, 2.75) is 32.9 Å². The number of phenolic OH excluding ortho intramolecular Hbond substituents is 1. The summed E-state index contributed by atoms with van der Waals surface area (Å²) in [6.07, 6.45) is 1.80. The van der Waals surface area contributed by atoms with E-state index in [2.05, 4.69) is 35.1 Å². The van der Waals surface area contributed by atoms with Crippen molar-refractivity contribution >= 4 is 34.6 Å². The van der Waals surface area contributed by atoms with Crippen LogP contribution in [0.25, 0.3) is 5.69 Å². The summed E-state index contributed by atoms with van der Waals surface area (Å²) in [7, 11) is 0. The highest BCUT2D eigenvalue weighted by atomic mass is 35.5. The molecule has 2 N–H and O–H groups in total. The average molecular weight is 581 g/mol. The Morgan fingerprint density at radius 1 is 0.902 bits per heavy atom. The lowest BCUT2D eigenvalue weighted by Crippen LogP contribution is -2.29. The van der Waals surface area contributed by atoms with Gasteiger partial charge < -0.3 is 24.6 Å². The van der Waals surface area contributed by atoms with Crippen molar-refractivity contribution in [1.82, 2.24) is 14.9 Å². The zero-order valence-electron chi connectivity index (χ0n) is 22.9. The van der Waals surface area contributed by atoms with Crippen LogP contribution >= 0.6 is 23.8 Å². The molecule has 0 radical (unpaired) electrons. The molecule has 41 heavy (non-hydrogen) atoms. The molecular formula is C33H29ClN4O2S. The molecule has 206 valence electrons. The number of hydrogen-bond donors (Lipinski definition) is 2. The number of nitrogens with zero attached hydrogens (tertiary/aromatic N) is 3. The predicted molar refractivity (Wildman–Crippen MR) is 168 cm³/mol. The quantitative estimate of drug-likeness (QED) is 0.198. The smallest absolute Gasteiger partial charge is 0.174 e. The minimum atomic E-state index is -0.206. The number of phenols is 1. The van der Waals surface area contributed by atoms with Crippen molar-refractivity contribution in [2.24, 2.45) is 0 Å². The number of aromatic hydroxyl groups is 1. The molecule has 0 aliphatic carbocycles. The second-order valence-electron chi connectivity index (χ2n) is 10.2. The van der Waals surface area contributed by atoms with Gasteiger partial charge in [0.2, 0.25) is 0 Å². The standard InChI is InChI=1S/C33H29ClN4O2S/c1-20-7-12-25(13-8-20)40-26-14-10-24(11-15-26)38-32(31(36-33(38)41)28-6-4-5-17-35-28)27-18-21(2)37(22(27)3)29-19-23(34)9-16-30(29)39/h4-19,31-32,39H,1-3H3,(H,36,41). The Balaban J connectivity index is 1.42. The van der Waals surface area contributed by atoms with E-state index in [0.717, 1.165) is 39.8 Å². The van der Waals surface area contributed by atoms with E-state index in [1.807, 2.05) is 78.2 Å². The van der Waals surface area contributed by atoms with E-state index >= 15 is 0 Å². The number of halogens is 1. The number of anilines is 1. The fraction of sp³-hybridized carbons (Fsp3) is 0.152. The summed E-state index contributed by atoms with van der Waals surface area (Å²) < 4.78 is 8.10. The van der Waals surface area contributed by atoms with E-state index < -0.39 is 0 Å². The molecule has 2 unspecified atom stereocenters. The Labute approximate surface area is 249 Å². The normalized spacial score (nSPS) is 16.6. The fourth-order valence-corrected chi connectivity index (χ4v) is 6.01. The minimum absolute atomic E-state index is 0.158. The van der Waals surface area contributed by atoms with Gasteiger partial charge in [-0.2, -0.15) is 0 Å². The third kappa shape index (κ3) is 5.14. The Hall–Kier alpha value is -4.33. The van der Waals surface area contributed by atoms with Crippen LogP contribution in [0.2, 0.25) is 5.02 Å². The Kier molecular flexibility index (Phi) is 7.15. The van der Waals surface area contributed by atoms with Gasteiger partial charge in [-0.05, 0) is 111 Å². The van der Waals surface area contributed by atoms with Crippen molar-refractivity contribution in [2.75, 3.05) is 4.90 Å². The molecule has 5 aromatic rings. The molecule has 8 heteroatoms. The largest absolute Gasteiger partial charge is 0.506 e. The van der Waals surface area contributed by atoms with E-state index in [1.54, 1.807) is 24.4 Å². The summed E-state index contributed by atoms with van der Waals surface area (Å²) >= 11 is 12.3. The predicted octanol–water partition coefficient (Wildman–Crippen LogP) is 8.13. The van der Waals surface area contributed by atoms with E-state index in [1.165, 1.54) is 5.56 Å².